The highest BCUT2D eigenvalue weighted by Crippen LogP contribution is 2.43. The second-order valence-electron chi connectivity index (χ2n) is 8.30. The Kier molecular flexibility index (Phi) is 4.09. The maximum absolute atomic E-state index is 13.3. The van der Waals surface area contributed by atoms with Gasteiger partial charge in [-0.3, -0.25) is 0 Å². The lowest BCUT2D eigenvalue weighted by Crippen LogP contribution is -2.27. The minimum absolute atomic E-state index is 0.236. The van der Waals surface area contributed by atoms with Crippen molar-refractivity contribution in [1.82, 2.24) is 14.6 Å². The number of aliphatic hydroxyl groups is 1. The number of imidazole rings is 1. The number of aryl methyl sites for hydroxylation is 1. The molecule has 0 saturated heterocycles. The largest absolute Gasteiger partial charge is 0.495 e. The zero-order valence-corrected chi connectivity index (χ0v) is 18.1. The first-order valence-corrected chi connectivity index (χ1v) is 11.8. The van der Waals surface area contributed by atoms with Crippen LogP contribution in [0.4, 0.5) is 0 Å². The summed E-state index contributed by atoms with van der Waals surface area (Å²) in [6.07, 6.45) is 2.21. The van der Waals surface area contributed by atoms with Crippen molar-refractivity contribution < 1.29 is 22.4 Å². The van der Waals surface area contributed by atoms with Gasteiger partial charge in [0.05, 0.1) is 28.3 Å². The number of fused-ring (bicyclic) bond motifs is 1. The van der Waals surface area contributed by atoms with Gasteiger partial charge in [0.2, 0.25) is 4.96 Å². The molecule has 7 nitrogen and oxygen atoms in total. The van der Waals surface area contributed by atoms with Crippen molar-refractivity contribution in [2.75, 3.05) is 19.4 Å². The Morgan fingerprint density at radius 2 is 2.17 bits per heavy atom. The molecule has 0 amide bonds. The van der Waals surface area contributed by atoms with E-state index in [1.54, 1.807) is 24.4 Å². The van der Waals surface area contributed by atoms with Crippen LogP contribution in [0.2, 0.25) is 0 Å². The van der Waals surface area contributed by atoms with E-state index in [1.165, 1.54) is 23.5 Å². The second kappa shape index (κ2) is 7.07. The van der Waals surface area contributed by atoms with Gasteiger partial charge < -0.3 is 9.84 Å². The monoisotopic (exact) mass is 438 g/mol. The normalized spacial score (nSPS) is 17.2. The van der Waals surface area contributed by atoms with Crippen LogP contribution in [0.5, 0.6) is 5.75 Å². The molecule has 29 heavy (non-hydrogen) atoms. The molecule has 1 aromatic carbocycles. The van der Waals surface area contributed by atoms with Crippen LogP contribution in [0.3, 0.4) is 0 Å². The van der Waals surface area contributed by atoms with Gasteiger partial charge in [-0.05, 0) is 38.0 Å². The summed E-state index contributed by atoms with van der Waals surface area (Å²) in [7, 11) is -6.81. The number of nitrogens with zero attached hydrogens (tertiary/aromatic N) is 3. The summed E-state index contributed by atoms with van der Waals surface area (Å²) < 4.78 is 55.6. The zero-order valence-electron chi connectivity index (χ0n) is 19.5. The molecule has 0 bridgehead atoms. The number of methoxy groups -OCH3 is 1. The minimum atomic E-state index is -3.99. The van der Waals surface area contributed by atoms with Gasteiger partial charge in [-0.25, -0.2) is 17.9 Å². The third-order valence-corrected chi connectivity index (χ3v) is 8.21. The fourth-order valence-corrected chi connectivity index (χ4v) is 6.42. The minimum Gasteiger partial charge on any atom is -0.495 e. The third-order valence-electron chi connectivity index (χ3n) is 4.99. The molecule has 1 N–H and O–H groups in total. The van der Waals surface area contributed by atoms with Crippen molar-refractivity contribution in [1.29, 1.82) is 0 Å². The number of hydrogen-bond acceptors (Lipinski definition) is 7. The van der Waals surface area contributed by atoms with Crippen molar-refractivity contribution in [2.24, 2.45) is 5.41 Å². The molecule has 3 aromatic rings. The van der Waals surface area contributed by atoms with Crippen LogP contribution in [0.15, 0.2) is 23.1 Å². The first-order chi connectivity index (χ1) is 14.8. The summed E-state index contributed by atoms with van der Waals surface area (Å²) >= 11 is 1.52. The van der Waals surface area contributed by atoms with E-state index in [9.17, 15) is 13.5 Å². The molecular weight excluding hydrogens is 410 g/mol. The summed E-state index contributed by atoms with van der Waals surface area (Å²) in [4.78, 5) is 5.08. The van der Waals surface area contributed by atoms with Crippen molar-refractivity contribution in [3.63, 3.8) is 0 Å². The van der Waals surface area contributed by atoms with Crippen LogP contribution in [-0.2, 0) is 9.84 Å². The van der Waals surface area contributed by atoms with Gasteiger partial charge >= 0.3 is 0 Å². The smallest absolute Gasteiger partial charge is 0.212 e. The van der Waals surface area contributed by atoms with Crippen LogP contribution < -0.4 is 4.74 Å². The van der Waals surface area contributed by atoms with E-state index >= 15 is 0 Å². The number of ether oxygens (including phenoxy) is 1. The summed E-state index contributed by atoms with van der Waals surface area (Å²) in [6.45, 7) is 4.73. The molecule has 4 rings (SSSR count). The average molecular weight is 439 g/mol. The number of aromatic nitrogens is 3. The highest BCUT2D eigenvalue weighted by molar-refractivity contribution is 7.91. The molecule has 1 aliphatic carbocycles. The number of sulfone groups is 1. The predicted octanol–water partition coefficient (Wildman–Crippen LogP) is 3.44. The SMILES string of the molecule is [2H]C([2H])([2H])Oc1ccc(-c2c(C)nc3sc(C4CC4)nn23)cc1S(=O)(=O)CC(C)(C)CO. The molecule has 9 heteroatoms. The highest BCUT2D eigenvalue weighted by Gasteiger charge is 2.31. The average Bonchev–Trinajstić information content (AvgIpc) is 3.36. The van der Waals surface area contributed by atoms with Crippen molar-refractivity contribution in [2.45, 2.75) is 44.4 Å². The first kappa shape index (κ1) is 16.8. The Morgan fingerprint density at radius 1 is 1.41 bits per heavy atom. The van der Waals surface area contributed by atoms with Crippen molar-refractivity contribution >= 4 is 26.1 Å². The van der Waals surface area contributed by atoms with Gasteiger partial charge in [-0.15, -0.1) is 0 Å². The quantitative estimate of drug-likeness (QED) is 0.607. The van der Waals surface area contributed by atoms with Gasteiger partial charge in [0, 0.05) is 23.5 Å². The second-order valence-corrected chi connectivity index (χ2v) is 11.2. The molecule has 0 atom stereocenters. The van der Waals surface area contributed by atoms with Crippen molar-refractivity contribution in [3.05, 3.63) is 28.9 Å². The lowest BCUT2D eigenvalue weighted by atomic mass is 9.98. The van der Waals surface area contributed by atoms with Gasteiger partial charge in [0.15, 0.2) is 9.84 Å². The summed E-state index contributed by atoms with van der Waals surface area (Å²) in [5.41, 5.74) is 0.969. The molecule has 2 aromatic heterocycles. The maximum Gasteiger partial charge on any atom is 0.212 e. The molecule has 0 aliphatic heterocycles. The number of hydrogen-bond donors (Lipinski definition) is 1. The van der Waals surface area contributed by atoms with Crippen LogP contribution in [0.25, 0.3) is 16.2 Å². The molecule has 0 radical (unpaired) electrons. The highest BCUT2D eigenvalue weighted by atomic mass is 32.2. The van der Waals surface area contributed by atoms with Crippen LogP contribution in [0.1, 0.15) is 47.4 Å². The Bertz CT molecular complexity index is 1280. The fourth-order valence-electron chi connectivity index (χ4n) is 3.31. The first-order valence-electron chi connectivity index (χ1n) is 10.8. The van der Waals surface area contributed by atoms with Gasteiger partial charge in [0.25, 0.3) is 0 Å². The number of aliphatic hydroxyl groups excluding tert-OH is 1. The topological polar surface area (TPSA) is 93.8 Å². The van der Waals surface area contributed by atoms with Crippen LogP contribution in [-0.4, -0.2) is 47.5 Å². The molecule has 156 valence electrons. The molecule has 2 heterocycles. The van der Waals surface area contributed by atoms with Crippen LogP contribution >= 0.6 is 11.3 Å². The van der Waals surface area contributed by atoms with Gasteiger partial charge in [-0.2, -0.15) is 5.10 Å². The van der Waals surface area contributed by atoms with E-state index in [4.69, 9.17) is 8.85 Å². The van der Waals surface area contributed by atoms with Crippen LogP contribution in [0, 0.1) is 12.3 Å². The molecule has 1 fully saturated rings. The lowest BCUT2D eigenvalue weighted by molar-refractivity contribution is 0.178. The Labute approximate surface area is 178 Å². The van der Waals surface area contributed by atoms with Gasteiger partial charge in [0.1, 0.15) is 15.7 Å². The molecule has 1 aliphatic rings. The molecular formula is C20H25N3O4S2. The van der Waals surface area contributed by atoms with E-state index < -0.39 is 22.3 Å². The summed E-state index contributed by atoms with van der Waals surface area (Å²) in [5, 5.41) is 15.3. The predicted molar refractivity (Wildman–Crippen MR) is 112 cm³/mol. The summed E-state index contributed by atoms with van der Waals surface area (Å²) in [5.74, 6) is -0.167. The van der Waals surface area contributed by atoms with E-state index in [0.717, 1.165) is 22.8 Å². The lowest BCUT2D eigenvalue weighted by Gasteiger charge is -2.22. The van der Waals surface area contributed by atoms with E-state index in [0.29, 0.717) is 22.9 Å². The molecule has 1 saturated carbocycles. The van der Waals surface area contributed by atoms with E-state index in [1.807, 2.05) is 6.92 Å². The fraction of sp³-hybridized carbons (Fsp3) is 0.500. The molecule has 0 unspecified atom stereocenters. The number of rotatable bonds is 7. The van der Waals surface area contributed by atoms with Gasteiger partial charge in [-0.1, -0.05) is 25.2 Å². The van der Waals surface area contributed by atoms with E-state index in [-0.39, 0.29) is 23.0 Å². The van der Waals surface area contributed by atoms with E-state index in [2.05, 4.69) is 10.1 Å². The summed E-state index contributed by atoms with van der Waals surface area (Å²) in [6, 6.07) is 4.38. The zero-order chi connectivity index (χ0) is 23.5. The Balaban J connectivity index is 1.86. The Hall–Kier alpha value is -1.97. The third kappa shape index (κ3) is 3.78. The number of benzene rings is 1. The molecule has 0 spiro atoms. The maximum atomic E-state index is 13.3. The Morgan fingerprint density at radius 3 is 2.83 bits per heavy atom. The van der Waals surface area contributed by atoms with Crippen molar-refractivity contribution in [3.8, 4) is 17.0 Å². The standard InChI is InChI=1S/C20H25N3O4S2/c1-12-17(23-19(21-12)28-18(22-23)13-5-6-13)14-7-8-15(27-4)16(9-14)29(25,26)11-20(2,3)10-24/h7-9,13,24H,5-6,10-11H2,1-4H3/i4D3.